The second-order valence-electron chi connectivity index (χ2n) is 17.5. The molecule has 0 spiro atoms. The second-order valence-corrected chi connectivity index (χ2v) is 17.5. The summed E-state index contributed by atoms with van der Waals surface area (Å²) in [5.74, 6) is 0.687. The van der Waals surface area contributed by atoms with Gasteiger partial charge in [0.05, 0.1) is 44.8 Å². The molecular formula is C54H46N4. The summed E-state index contributed by atoms with van der Waals surface area (Å²) in [6, 6.07) is 61.3. The zero-order valence-electron chi connectivity index (χ0n) is 34.0. The zero-order chi connectivity index (χ0) is 39.8. The Bertz CT molecular complexity index is 2990. The molecular weight excluding hydrogens is 705 g/mol. The highest BCUT2D eigenvalue weighted by Gasteiger charge is 2.23. The summed E-state index contributed by atoms with van der Waals surface area (Å²) in [5.41, 5.74) is 14.3. The lowest BCUT2D eigenvalue weighted by molar-refractivity contribution is 0.591. The number of rotatable bonds is 5. The quantitative estimate of drug-likeness (QED) is 0.176. The second kappa shape index (κ2) is 13.4. The minimum absolute atomic E-state index is 0.0331. The van der Waals surface area contributed by atoms with E-state index in [-0.39, 0.29) is 10.8 Å². The third kappa shape index (κ3) is 5.90. The van der Waals surface area contributed by atoms with Crippen molar-refractivity contribution in [1.82, 2.24) is 19.1 Å². The van der Waals surface area contributed by atoms with Gasteiger partial charge in [0.15, 0.2) is 5.82 Å². The van der Waals surface area contributed by atoms with Gasteiger partial charge in [0.25, 0.3) is 0 Å². The zero-order valence-corrected chi connectivity index (χ0v) is 34.0. The van der Waals surface area contributed by atoms with Crippen molar-refractivity contribution >= 4 is 43.6 Å². The SMILES string of the molecule is CC(C)(C)c1ccc2c(c1)c1ccccc1n2-c1ccccc1-c1cc(-c2ccccc2-n2c3ccccc3c3cc(C(C)(C)C)ccc32)nc(-c2ccccc2)n1. The van der Waals surface area contributed by atoms with Gasteiger partial charge in [-0.3, -0.25) is 0 Å². The maximum Gasteiger partial charge on any atom is 0.160 e. The van der Waals surface area contributed by atoms with Gasteiger partial charge in [-0.2, -0.15) is 0 Å². The monoisotopic (exact) mass is 750 g/mol. The smallest absolute Gasteiger partial charge is 0.160 e. The predicted molar refractivity (Wildman–Crippen MR) is 244 cm³/mol. The van der Waals surface area contributed by atoms with Crippen molar-refractivity contribution in [2.24, 2.45) is 0 Å². The summed E-state index contributed by atoms with van der Waals surface area (Å²) in [7, 11) is 0. The van der Waals surface area contributed by atoms with Crippen LogP contribution in [0, 0.1) is 0 Å². The van der Waals surface area contributed by atoms with Crippen molar-refractivity contribution in [3.05, 3.63) is 181 Å². The van der Waals surface area contributed by atoms with Crippen LogP contribution in [0.5, 0.6) is 0 Å². The van der Waals surface area contributed by atoms with Gasteiger partial charge in [0.1, 0.15) is 0 Å². The van der Waals surface area contributed by atoms with Crippen LogP contribution in [0.25, 0.3) is 88.9 Å². The number of hydrogen-bond acceptors (Lipinski definition) is 2. The topological polar surface area (TPSA) is 35.6 Å². The molecule has 10 aromatic rings. The van der Waals surface area contributed by atoms with Crippen LogP contribution in [0.1, 0.15) is 52.7 Å². The summed E-state index contributed by atoms with van der Waals surface area (Å²) < 4.78 is 4.82. The van der Waals surface area contributed by atoms with Crippen LogP contribution in [0.2, 0.25) is 0 Å². The standard InChI is InChI=1S/C54H46N4/c1-53(2,3)36-28-30-50-42(32-36)38-20-10-14-24-46(38)57(50)48-26-16-12-22-40(48)44-34-45(56-52(55-44)35-18-8-7-9-19-35)41-23-13-17-27-49(41)58-47-25-15-11-21-39(47)43-33-37(54(4,5)6)29-31-51(43)58/h7-34H,1-6H3. The van der Waals surface area contributed by atoms with Crippen LogP contribution in [-0.4, -0.2) is 19.1 Å². The summed E-state index contributed by atoms with van der Waals surface area (Å²) in [5, 5.41) is 4.98. The van der Waals surface area contributed by atoms with Gasteiger partial charge in [-0.05, 0) is 76.6 Å². The van der Waals surface area contributed by atoms with E-state index >= 15 is 0 Å². The first-order valence-corrected chi connectivity index (χ1v) is 20.3. The molecule has 7 aromatic carbocycles. The maximum absolute atomic E-state index is 5.37. The van der Waals surface area contributed by atoms with E-state index in [0.29, 0.717) is 5.82 Å². The van der Waals surface area contributed by atoms with Crippen molar-refractivity contribution < 1.29 is 0 Å². The highest BCUT2D eigenvalue weighted by molar-refractivity contribution is 6.11. The molecule has 0 radical (unpaired) electrons. The van der Waals surface area contributed by atoms with Gasteiger partial charge in [-0.15, -0.1) is 0 Å². The van der Waals surface area contributed by atoms with Gasteiger partial charge >= 0.3 is 0 Å². The fourth-order valence-electron chi connectivity index (χ4n) is 8.61. The lowest BCUT2D eigenvalue weighted by atomic mass is 9.86. The molecule has 0 saturated carbocycles. The van der Waals surface area contributed by atoms with Crippen LogP contribution >= 0.6 is 0 Å². The Balaban J connectivity index is 1.22. The molecule has 4 nitrogen and oxygen atoms in total. The van der Waals surface area contributed by atoms with E-state index in [0.717, 1.165) is 39.5 Å². The molecule has 0 unspecified atom stereocenters. The largest absolute Gasteiger partial charge is 0.309 e. The lowest BCUT2D eigenvalue weighted by Crippen LogP contribution is -2.10. The molecule has 0 aliphatic heterocycles. The van der Waals surface area contributed by atoms with Crippen molar-refractivity contribution in [3.8, 4) is 45.3 Å². The number of fused-ring (bicyclic) bond motifs is 6. The van der Waals surface area contributed by atoms with Crippen molar-refractivity contribution in [2.75, 3.05) is 0 Å². The van der Waals surface area contributed by atoms with Gasteiger partial charge in [-0.1, -0.05) is 157 Å². The normalized spacial score (nSPS) is 12.3. The Labute approximate surface area is 340 Å². The maximum atomic E-state index is 5.37. The first-order valence-electron chi connectivity index (χ1n) is 20.3. The minimum atomic E-state index is 0.0331. The van der Waals surface area contributed by atoms with Crippen LogP contribution in [0.15, 0.2) is 170 Å². The number of hydrogen-bond donors (Lipinski definition) is 0. The molecule has 282 valence electrons. The number of benzene rings is 7. The van der Waals surface area contributed by atoms with E-state index < -0.39 is 0 Å². The molecule has 0 fully saturated rings. The highest BCUT2D eigenvalue weighted by atomic mass is 15.0. The highest BCUT2D eigenvalue weighted by Crippen LogP contribution is 2.41. The number of nitrogens with zero attached hydrogens (tertiary/aromatic N) is 4. The summed E-state index contributed by atoms with van der Waals surface area (Å²) in [4.78, 5) is 10.7. The average Bonchev–Trinajstić information content (AvgIpc) is 3.75. The molecule has 0 bridgehead atoms. The predicted octanol–water partition coefficient (Wildman–Crippen LogP) is 14.3. The summed E-state index contributed by atoms with van der Waals surface area (Å²) >= 11 is 0. The van der Waals surface area contributed by atoms with Gasteiger partial charge in [0, 0.05) is 38.2 Å². The number of aromatic nitrogens is 4. The van der Waals surface area contributed by atoms with Crippen LogP contribution in [-0.2, 0) is 10.8 Å². The number of para-hydroxylation sites is 4. The Morgan fingerprint density at radius 3 is 1.22 bits per heavy atom. The molecule has 4 heteroatoms. The lowest BCUT2D eigenvalue weighted by Gasteiger charge is -2.20. The molecule has 10 rings (SSSR count). The molecule has 0 atom stereocenters. The molecule has 0 N–H and O–H groups in total. The van der Waals surface area contributed by atoms with Crippen molar-refractivity contribution in [1.29, 1.82) is 0 Å². The third-order valence-corrected chi connectivity index (χ3v) is 11.7. The minimum Gasteiger partial charge on any atom is -0.309 e. The van der Waals surface area contributed by atoms with Crippen molar-refractivity contribution in [3.63, 3.8) is 0 Å². The molecule has 0 saturated heterocycles. The summed E-state index contributed by atoms with van der Waals surface area (Å²) in [6.07, 6.45) is 0. The van der Waals surface area contributed by atoms with Gasteiger partial charge < -0.3 is 9.13 Å². The van der Waals surface area contributed by atoms with E-state index in [9.17, 15) is 0 Å². The fraction of sp³-hybridized carbons (Fsp3) is 0.148. The van der Waals surface area contributed by atoms with E-state index in [4.69, 9.17) is 9.97 Å². The Hall–Kier alpha value is -6.78. The van der Waals surface area contributed by atoms with Crippen LogP contribution in [0.4, 0.5) is 0 Å². The van der Waals surface area contributed by atoms with Gasteiger partial charge in [-0.25, -0.2) is 9.97 Å². The fourth-order valence-corrected chi connectivity index (χ4v) is 8.61. The third-order valence-electron chi connectivity index (χ3n) is 11.7. The van der Waals surface area contributed by atoms with E-state index in [1.807, 2.05) is 6.07 Å². The Morgan fingerprint density at radius 1 is 0.362 bits per heavy atom. The van der Waals surface area contributed by atoms with Crippen LogP contribution < -0.4 is 0 Å². The summed E-state index contributed by atoms with van der Waals surface area (Å²) in [6.45, 7) is 13.7. The average molecular weight is 751 g/mol. The van der Waals surface area contributed by atoms with Crippen LogP contribution in [0.3, 0.4) is 0 Å². The molecule has 0 amide bonds. The Morgan fingerprint density at radius 2 is 0.759 bits per heavy atom. The molecule has 3 aromatic heterocycles. The Kier molecular flexibility index (Phi) is 8.24. The first-order chi connectivity index (χ1) is 28.0. The van der Waals surface area contributed by atoms with Gasteiger partial charge in [0.2, 0.25) is 0 Å². The molecule has 3 heterocycles. The van der Waals surface area contributed by atoms with E-state index in [2.05, 4.69) is 214 Å². The molecule has 0 aliphatic rings. The van der Waals surface area contributed by atoms with E-state index in [1.54, 1.807) is 0 Å². The molecule has 58 heavy (non-hydrogen) atoms. The van der Waals surface area contributed by atoms with E-state index in [1.165, 1.54) is 54.7 Å². The molecule has 0 aliphatic carbocycles. The first kappa shape index (κ1) is 35.6. The van der Waals surface area contributed by atoms with Crippen molar-refractivity contribution in [2.45, 2.75) is 52.4 Å².